The summed E-state index contributed by atoms with van der Waals surface area (Å²) in [7, 11) is -2.81. The lowest BCUT2D eigenvalue weighted by molar-refractivity contribution is -0.154. The molecule has 2 aromatic rings. The molecule has 0 radical (unpaired) electrons. The molecule has 2 rings (SSSR count). The lowest BCUT2D eigenvalue weighted by Gasteiger charge is -2.16. The summed E-state index contributed by atoms with van der Waals surface area (Å²) in [6.45, 7) is 3.03. The largest absolute Gasteiger partial charge is 0.464 e. The maximum Gasteiger partial charge on any atom is 0.341 e. The fourth-order valence-corrected chi connectivity index (χ4v) is 4.11. The molecule has 0 aliphatic rings. The van der Waals surface area contributed by atoms with E-state index < -0.39 is 34.0 Å². The molecular weight excluding hydrogens is 493 g/mol. The number of benzene rings is 2. The number of nitrogens with one attached hydrogen (secondary N) is 1. The second kappa shape index (κ2) is 15.6. The number of halogens is 1. The number of para-hydroxylation sites is 2. The molecule has 0 aliphatic carbocycles. The fraction of sp³-hybridized carbons (Fsp3) is 0.400. The summed E-state index contributed by atoms with van der Waals surface area (Å²) >= 11 is 0. The highest BCUT2D eigenvalue weighted by molar-refractivity contribution is 7.87. The maximum absolute atomic E-state index is 12.8. The Bertz CT molecular complexity index is 1090. The van der Waals surface area contributed by atoms with E-state index in [1.165, 1.54) is 44.4 Å². The van der Waals surface area contributed by atoms with Gasteiger partial charge in [-0.05, 0) is 51.0 Å². The Balaban J connectivity index is 0.00000612. The molecule has 2 atom stereocenters. The van der Waals surface area contributed by atoms with E-state index in [-0.39, 0.29) is 47.3 Å². The summed E-state index contributed by atoms with van der Waals surface area (Å²) < 4.78 is 40.6. The van der Waals surface area contributed by atoms with Crippen molar-refractivity contribution >= 4 is 33.5 Å². The van der Waals surface area contributed by atoms with Crippen LogP contribution in [0.3, 0.4) is 0 Å². The van der Waals surface area contributed by atoms with Gasteiger partial charge in [0.2, 0.25) is 5.91 Å². The SMILES string of the molecule is C.COC(C)C(=O)OCCCC(CC(=O)Nc1ccccc1S(=O)(=O)Oc1ccccc1)C(C)=O.F. The highest BCUT2D eigenvalue weighted by Crippen LogP contribution is 2.25. The monoisotopic (exact) mass is 527 g/mol. The molecule has 1 N–H and O–H groups in total. The molecule has 36 heavy (non-hydrogen) atoms. The predicted molar refractivity (Wildman–Crippen MR) is 134 cm³/mol. The third-order valence-corrected chi connectivity index (χ3v) is 6.32. The van der Waals surface area contributed by atoms with Crippen LogP contribution in [0.1, 0.15) is 40.5 Å². The Morgan fingerprint density at radius 1 is 1.00 bits per heavy atom. The minimum Gasteiger partial charge on any atom is -0.464 e. The third kappa shape index (κ3) is 10.1. The lowest BCUT2D eigenvalue weighted by atomic mass is 9.95. The molecule has 0 saturated heterocycles. The number of carbonyl (C=O) groups is 3. The van der Waals surface area contributed by atoms with Crippen molar-refractivity contribution in [1.29, 1.82) is 0 Å². The number of anilines is 1. The smallest absolute Gasteiger partial charge is 0.341 e. The normalized spacial score (nSPS) is 12.2. The number of hydrogen-bond donors (Lipinski definition) is 1. The molecule has 0 aliphatic heterocycles. The van der Waals surface area contributed by atoms with Gasteiger partial charge in [-0.25, -0.2) is 4.79 Å². The van der Waals surface area contributed by atoms with Gasteiger partial charge in [-0.3, -0.25) is 14.3 Å². The van der Waals surface area contributed by atoms with Crippen LogP contribution in [0.5, 0.6) is 5.75 Å². The molecule has 0 fully saturated rings. The first-order valence-electron chi connectivity index (χ1n) is 10.7. The zero-order chi connectivity index (χ0) is 25.1. The highest BCUT2D eigenvalue weighted by atomic mass is 32.2. The van der Waals surface area contributed by atoms with Crippen LogP contribution in [0.4, 0.5) is 10.4 Å². The van der Waals surface area contributed by atoms with Crippen LogP contribution in [0, 0.1) is 5.92 Å². The molecule has 2 unspecified atom stereocenters. The Kier molecular flexibility index (Phi) is 14.2. The number of Topliss-reactive ketones (excluding diaryl/α,β-unsaturated/α-hetero) is 1. The minimum atomic E-state index is -4.21. The molecule has 0 bridgehead atoms. The molecule has 0 aromatic heterocycles. The van der Waals surface area contributed by atoms with Gasteiger partial charge >= 0.3 is 16.1 Å². The van der Waals surface area contributed by atoms with Crippen molar-refractivity contribution in [1.82, 2.24) is 0 Å². The van der Waals surface area contributed by atoms with E-state index >= 15 is 0 Å². The molecule has 11 heteroatoms. The van der Waals surface area contributed by atoms with E-state index in [2.05, 4.69) is 5.32 Å². The number of rotatable bonds is 13. The third-order valence-electron chi connectivity index (χ3n) is 5.01. The van der Waals surface area contributed by atoms with Crippen molar-refractivity contribution in [2.45, 2.75) is 51.5 Å². The van der Waals surface area contributed by atoms with Gasteiger partial charge in [-0.1, -0.05) is 37.8 Å². The number of amides is 1. The van der Waals surface area contributed by atoms with Crippen LogP contribution in [0.25, 0.3) is 0 Å². The number of methoxy groups -OCH3 is 1. The standard InChI is InChI=1S/C24H29NO8S.CH4.FH/c1-17(26)19(10-9-15-32-24(28)18(2)31-3)16-23(27)25-21-13-7-8-14-22(21)34(29,30)33-20-11-5-4-6-12-20;;/h4-8,11-14,18-19H,9-10,15-16H2,1-3H3,(H,25,27);1H4;1H. The fourth-order valence-electron chi connectivity index (χ4n) is 3.03. The molecule has 9 nitrogen and oxygen atoms in total. The van der Waals surface area contributed by atoms with Crippen LogP contribution < -0.4 is 9.50 Å². The van der Waals surface area contributed by atoms with Gasteiger partial charge in [-0.2, -0.15) is 8.42 Å². The Labute approximate surface area is 211 Å². The van der Waals surface area contributed by atoms with Crippen molar-refractivity contribution in [3.05, 3.63) is 54.6 Å². The van der Waals surface area contributed by atoms with Gasteiger partial charge < -0.3 is 19.0 Å². The van der Waals surface area contributed by atoms with E-state index in [9.17, 15) is 22.8 Å². The van der Waals surface area contributed by atoms with Gasteiger partial charge in [0.25, 0.3) is 0 Å². The van der Waals surface area contributed by atoms with E-state index in [0.717, 1.165) is 0 Å². The summed E-state index contributed by atoms with van der Waals surface area (Å²) in [6, 6.07) is 13.9. The van der Waals surface area contributed by atoms with E-state index in [4.69, 9.17) is 13.7 Å². The van der Waals surface area contributed by atoms with Gasteiger partial charge in [-0.15, -0.1) is 0 Å². The van der Waals surface area contributed by atoms with E-state index in [0.29, 0.717) is 12.8 Å². The summed E-state index contributed by atoms with van der Waals surface area (Å²) in [5, 5.41) is 2.57. The molecular formula is C25H34FNO8S. The molecule has 0 heterocycles. The molecule has 2 aromatic carbocycles. The zero-order valence-corrected chi connectivity index (χ0v) is 20.6. The average Bonchev–Trinajstić information content (AvgIpc) is 2.80. The topological polar surface area (TPSA) is 125 Å². The van der Waals surface area contributed by atoms with Gasteiger partial charge in [0.05, 0.1) is 12.3 Å². The first kappa shape index (κ1) is 32.7. The summed E-state index contributed by atoms with van der Waals surface area (Å²) in [5.41, 5.74) is 0.0493. The minimum absolute atomic E-state index is 0. The molecule has 1 amide bonds. The van der Waals surface area contributed by atoms with Crippen molar-refractivity contribution in [3.63, 3.8) is 0 Å². The van der Waals surface area contributed by atoms with Gasteiger partial charge in [0, 0.05) is 19.4 Å². The number of carbonyl (C=O) groups excluding carboxylic acids is 3. The number of ether oxygens (including phenoxy) is 2. The molecule has 0 saturated carbocycles. The van der Waals surface area contributed by atoms with Gasteiger partial charge in [0.1, 0.15) is 16.4 Å². The Morgan fingerprint density at radius 3 is 2.22 bits per heavy atom. The van der Waals surface area contributed by atoms with Gasteiger partial charge in [0.15, 0.2) is 6.10 Å². The van der Waals surface area contributed by atoms with E-state index in [1.54, 1.807) is 31.2 Å². The quantitative estimate of drug-likeness (QED) is 0.234. The summed E-state index contributed by atoms with van der Waals surface area (Å²) in [6.07, 6.45) is -0.119. The highest BCUT2D eigenvalue weighted by Gasteiger charge is 2.24. The maximum atomic E-state index is 12.8. The van der Waals surface area contributed by atoms with Crippen LogP contribution in [0.2, 0.25) is 0 Å². The van der Waals surface area contributed by atoms with Crippen molar-refractivity contribution in [2.24, 2.45) is 5.92 Å². The van der Waals surface area contributed by atoms with Crippen LogP contribution in [-0.2, 0) is 34.0 Å². The predicted octanol–water partition coefficient (Wildman–Crippen LogP) is 4.14. The first-order valence-corrected chi connectivity index (χ1v) is 12.1. The van der Waals surface area contributed by atoms with Crippen molar-refractivity contribution in [2.75, 3.05) is 19.0 Å². The second-order valence-corrected chi connectivity index (χ2v) is 9.11. The zero-order valence-electron chi connectivity index (χ0n) is 19.8. The summed E-state index contributed by atoms with van der Waals surface area (Å²) in [4.78, 5) is 36.1. The average molecular weight is 528 g/mol. The van der Waals surface area contributed by atoms with E-state index in [1.807, 2.05) is 0 Å². The van der Waals surface area contributed by atoms with Crippen molar-refractivity contribution in [3.8, 4) is 5.75 Å². The Hall–Kier alpha value is -3.31. The van der Waals surface area contributed by atoms with Crippen LogP contribution in [-0.4, -0.2) is 45.9 Å². The Morgan fingerprint density at radius 2 is 1.61 bits per heavy atom. The summed E-state index contributed by atoms with van der Waals surface area (Å²) in [5.74, 6) is -1.69. The second-order valence-electron chi connectivity index (χ2n) is 7.59. The van der Waals surface area contributed by atoms with Crippen LogP contribution >= 0.6 is 0 Å². The first-order chi connectivity index (χ1) is 16.1. The molecule has 200 valence electrons. The number of hydrogen-bond acceptors (Lipinski definition) is 8. The van der Waals surface area contributed by atoms with Crippen molar-refractivity contribution < 1.29 is 41.2 Å². The number of ketones is 1. The lowest BCUT2D eigenvalue weighted by Crippen LogP contribution is -2.24. The number of esters is 1. The molecule has 0 spiro atoms. The van der Waals surface area contributed by atoms with Crippen LogP contribution in [0.15, 0.2) is 59.5 Å².